The van der Waals surface area contributed by atoms with Crippen molar-refractivity contribution in [1.29, 1.82) is 0 Å². The third-order valence-electron chi connectivity index (χ3n) is 3.41. The first kappa shape index (κ1) is 14.6. The van der Waals surface area contributed by atoms with E-state index < -0.39 is 9.05 Å². The van der Waals surface area contributed by atoms with Crippen LogP contribution in [0.25, 0.3) is 0 Å². The van der Waals surface area contributed by atoms with Gasteiger partial charge in [-0.2, -0.15) is 0 Å². The summed E-state index contributed by atoms with van der Waals surface area (Å²) >= 11 is 5.91. The van der Waals surface area contributed by atoms with Crippen LogP contribution in [0.2, 0.25) is 5.15 Å². The predicted octanol–water partition coefficient (Wildman–Crippen LogP) is 3.14. The highest BCUT2D eigenvalue weighted by atomic mass is 35.7. The van der Waals surface area contributed by atoms with Crippen LogP contribution in [0.3, 0.4) is 0 Å². The molecule has 2 heterocycles. The molecule has 8 heteroatoms. The van der Waals surface area contributed by atoms with Gasteiger partial charge in [-0.1, -0.05) is 11.6 Å². The average molecular weight is 344 g/mol. The lowest BCUT2D eigenvalue weighted by Crippen LogP contribution is -2.24. The molecule has 0 fully saturated rings. The second-order valence-electron chi connectivity index (χ2n) is 4.85. The minimum Gasteiger partial charge on any atom is -0.323 e. The summed E-state index contributed by atoms with van der Waals surface area (Å²) in [6, 6.07) is 6.66. The number of hydrogen-bond acceptors (Lipinski definition) is 5. The number of anilines is 2. The molecule has 21 heavy (non-hydrogen) atoms. The Morgan fingerprint density at radius 3 is 2.71 bits per heavy atom. The molecule has 0 spiro atoms. The van der Waals surface area contributed by atoms with E-state index in [-0.39, 0.29) is 10.9 Å². The van der Waals surface area contributed by atoms with Crippen LogP contribution in [-0.2, 0) is 15.5 Å². The largest absolute Gasteiger partial charge is 0.323 e. The molecule has 0 N–H and O–H groups in total. The van der Waals surface area contributed by atoms with Gasteiger partial charge >= 0.3 is 0 Å². The molecule has 3 rings (SSSR count). The van der Waals surface area contributed by atoms with Crippen LogP contribution in [0.5, 0.6) is 0 Å². The monoisotopic (exact) mass is 343 g/mol. The van der Waals surface area contributed by atoms with Crippen LogP contribution in [0.15, 0.2) is 35.5 Å². The Hall–Kier alpha value is -1.37. The van der Waals surface area contributed by atoms with E-state index in [0.29, 0.717) is 17.4 Å². The molecule has 1 aromatic heterocycles. The number of hydrogen-bond donors (Lipinski definition) is 0. The molecule has 0 bridgehead atoms. The number of nitrogens with zero attached hydrogens (tertiary/aromatic N) is 3. The number of benzene rings is 1. The lowest BCUT2D eigenvalue weighted by atomic mass is 10.1. The molecule has 110 valence electrons. The molecule has 0 aliphatic carbocycles. The summed E-state index contributed by atoms with van der Waals surface area (Å²) in [6.45, 7) is 2.03. The van der Waals surface area contributed by atoms with Crippen molar-refractivity contribution < 1.29 is 8.42 Å². The van der Waals surface area contributed by atoms with Gasteiger partial charge in [-0.05, 0) is 37.1 Å². The summed E-state index contributed by atoms with van der Waals surface area (Å²) < 4.78 is 22.8. The Bertz CT molecular complexity index is 811. The lowest BCUT2D eigenvalue weighted by molar-refractivity contribution is 0.609. The van der Waals surface area contributed by atoms with E-state index in [0.717, 1.165) is 11.3 Å². The maximum Gasteiger partial charge on any atom is 0.261 e. The molecule has 1 aliphatic rings. The molecule has 0 saturated heterocycles. The quantitative estimate of drug-likeness (QED) is 0.619. The third-order valence-corrected chi connectivity index (χ3v) is 4.97. The zero-order chi connectivity index (χ0) is 15.2. The van der Waals surface area contributed by atoms with E-state index >= 15 is 0 Å². The van der Waals surface area contributed by atoms with Crippen molar-refractivity contribution in [3.63, 3.8) is 0 Å². The van der Waals surface area contributed by atoms with Gasteiger partial charge in [0.2, 0.25) is 0 Å². The van der Waals surface area contributed by atoms with Gasteiger partial charge in [0.05, 0.1) is 4.90 Å². The first-order chi connectivity index (χ1) is 9.86. The van der Waals surface area contributed by atoms with Crippen molar-refractivity contribution in [2.75, 3.05) is 4.90 Å². The molecular weight excluding hydrogens is 333 g/mol. The van der Waals surface area contributed by atoms with Crippen LogP contribution < -0.4 is 4.90 Å². The Morgan fingerprint density at radius 2 is 2.05 bits per heavy atom. The maximum atomic E-state index is 11.4. The van der Waals surface area contributed by atoms with Crippen LogP contribution in [0, 0.1) is 0 Å². The van der Waals surface area contributed by atoms with Gasteiger partial charge in [-0.15, -0.1) is 0 Å². The summed E-state index contributed by atoms with van der Waals surface area (Å²) in [5.74, 6) is 0.683. The van der Waals surface area contributed by atoms with Crippen molar-refractivity contribution in [2.45, 2.75) is 24.3 Å². The highest BCUT2D eigenvalue weighted by Gasteiger charge is 2.29. The van der Waals surface area contributed by atoms with E-state index in [1.54, 1.807) is 18.2 Å². The molecule has 1 atom stereocenters. The van der Waals surface area contributed by atoms with Gasteiger partial charge in [0.1, 0.15) is 17.3 Å². The van der Waals surface area contributed by atoms with Gasteiger partial charge in [0.15, 0.2) is 0 Å². The van der Waals surface area contributed by atoms with E-state index in [2.05, 4.69) is 9.97 Å². The van der Waals surface area contributed by atoms with Crippen LogP contribution >= 0.6 is 22.3 Å². The van der Waals surface area contributed by atoms with Crippen molar-refractivity contribution in [3.05, 3.63) is 41.3 Å². The van der Waals surface area contributed by atoms with E-state index in [1.807, 2.05) is 11.8 Å². The minimum absolute atomic E-state index is 0.109. The fourth-order valence-corrected chi connectivity index (χ4v) is 3.51. The SMILES string of the molecule is C[C@@H]1Cc2cc(S(=O)(=O)Cl)ccc2N1c1cc(Cl)ncn1. The summed E-state index contributed by atoms with van der Waals surface area (Å²) in [5.41, 5.74) is 1.82. The summed E-state index contributed by atoms with van der Waals surface area (Å²) in [4.78, 5) is 10.2. The van der Waals surface area contributed by atoms with Crippen LogP contribution in [-0.4, -0.2) is 24.4 Å². The second kappa shape index (κ2) is 5.12. The third kappa shape index (κ3) is 2.71. The van der Waals surface area contributed by atoms with Gasteiger partial charge in [-0.3, -0.25) is 0 Å². The predicted molar refractivity (Wildman–Crippen MR) is 81.8 cm³/mol. The Labute approximate surface area is 132 Å². The fourth-order valence-electron chi connectivity index (χ4n) is 2.56. The van der Waals surface area contributed by atoms with Crippen LogP contribution in [0.1, 0.15) is 12.5 Å². The van der Waals surface area contributed by atoms with Gasteiger partial charge in [-0.25, -0.2) is 18.4 Å². The zero-order valence-corrected chi connectivity index (χ0v) is 13.3. The van der Waals surface area contributed by atoms with E-state index in [1.165, 1.54) is 12.4 Å². The molecular formula is C13H11Cl2N3O2S. The summed E-state index contributed by atoms with van der Waals surface area (Å²) in [6.07, 6.45) is 2.11. The Morgan fingerprint density at radius 1 is 1.29 bits per heavy atom. The maximum absolute atomic E-state index is 11.4. The van der Waals surface area contributed by atoms with Gasteiger partial charge in [0, 0.05) is 28.5 Å². The number of halogens is 2. The highest BCUT2D eigenvalue weighted by molar-refractivity contribution is 8.13. The average Bonchev–Trinajstić information content (AvgIpc) is 2.72. The standard InChI is InChI=1S/C13H11Cl2N3O2S/c1-8-4-9-5-10(21(15,19)20)2-3-11(9)18(8)13-6-12(14)16-7-17-13/h2-3,5-8H,4H2,1H3/t8-/m1/s1. The van der Waals surface area contributed by atoms with Crippen molar-refractivity contribution in [3.8, 4) is 0 Å². The Kier molecular flexibility index (Phi) is 3.55. The smallest absolute Gasteiger partial charge is 0.261 e. The molecule has 1 aromatic carbocycles. The zero-order valence-electron chi connectivity index (χ0n) is 11.0. The molecule has 0 amide bonds. The van der Waals surface area contributed by atoms with Gasteiger partial charge in [0.25, 0.3) is 9.05 Å². The first-order valence-electron chi connectivity index (χ1n) is 6.20. The molecule has 0 radical (unpaired) electrons. The van der Waals surface area contributed by atoms with E-state index in [4.69, 9.17) is 22.3 Å². The van der Waals surface area contributed by atoms with Crippen molar-refractivity contribution in [1.82, 2.24) is 9.97 Å². The molecule has 2 aromatic rings. The second-order valence-corrected chi connectivity index (χ2v) is 7.80. The number of aromatic nitrogens is 2. The summed E-state index contributed by atoms with van der Waals surface area (Å²) in [7, 11) is 1.67. The first-order valence-corrected chi connectivity index (χ1v) is 8.89. The van der Waals surface area contributed by atoms with Crippen LogP contribution in [0.4, 0.5) is 11.5 Å². The van der Waals surface area contributed by atoms with Gasteiger partial charge < -0.3 is 4.90 Å². The lowest BCUT2D eigenvalue weighted by Gasteiger charge is -2.23. The fraction of sp³-hybridized carbons (Fsp3) is 0.231. The minimum atomic E-state index is -3.72. The van der Waals surface area contributed by atoms with Crippen molar-refractivity contribution >= 4 is 42.8 Å². The highest BCUT2D eigenvalue weighted by Crippen LogP contribution is 2.39. The Balaban J connectivity index is 2.09. The molecule has 5 nitrogen and oxygen atoms in total. The number of fused-ring (bicyclic) bond motifs is 1. The normalized spacial score (nSPS) is 17.9. The summed E-state index contributed by atoms with van der Waals surface area (Å²) in [5, 5.41) is 0.362. The molecule has 0 unspecified atom stereocenters. The molecule has 0 saturated carbocycles. The molecule has 1 aliphatic heterocycles. The topological polar surface area (TPSA) is 63.2 Å². The number of rotatable bonds is 2. The van der Waals surface area contributed by atoms with E-state index in [9.17, 15) is 8.42 Å². The van der Waals surface area contributed by atoms with Crippen molar-refractivity contribution in [2.24, 2.45) is 0 Å².